The highest BCUT2D eigenvalue weighted by molar-refractivity contribution is 8.14. The maximum Gasteiger partial charge on any atom is 0.446 e. The first-order chi connectivity index (χ1) is 7.32. The Balaban J connectivity index is 4.05. The van der Waals surface area contributed by atoms with Crippen LogP contribution in [0.25, 0.3) is 0 Å². The quantitative estimate of drug-likeness (QED) is 0.257. The van der Waals surface area contributed by atoms with Gasteiger partial charge in [0.15, 0.2) is 0 Å². The molecule has 0 N–H and O–H groups in total. The third kappa shape index (κ3) is 7.84. The Labute approximate surface area is 106 Å². The fourth-order valence-electron chi connectivity index (χ4n) is 0.802. The van der Waals surface area contributed by atoms with E-state index in [-0.39, 0.29) is 0 Å². The predicted octanol–water partition coefficient (Wildman–Crippen LogP) is 2.65. The van der Waals surface area contributed by atoms with Crippen LogP contribution in [0.1, 0.15) is 20.8 Å². The molecule has 0 radical (unpaired) electrons. The van der Waals surface area contributed by atoms with Gasteiger partial charge in [0.05, 0.1) is 0 Å². The second-order valence-corrected chi connectivity index (χ2v) is 6.74. The summed E-state index contributed by atoms with van der Waals surface area (Å²) in [6.45, 7) is 5.93. The van der Waals surface area contributed by atoms with Crippen molar-refractivity contribution < 1.29 is 9.63 Å². The molecule has 0 aromatic carbocycles. The smallest absolute Gasteiger partial charge is 0.296 e. The molecule has 0 aliphatic rings. The van der Waals surface area contributed by atoms with Crippen LogP contribution < -0.4 is 0 Å². The summed E-state index contributed by atoms with van der Waals surface area (Å²) >= 11 is 2.80. The van der Waals surface area contributed by atoms with Gasteiger partial charge < -0.3 is 0 Å². The van der Waals surface area contributed by atoms with Crippen LogP contribution in [0, 0.1) is 0 Å². The third-order valence-corrected chi connectivity index (χ3v) is 2.81. The molecule has 0 aliphatic carbocycles. The summed E-state index contributed by atoms with van der Waals surface area (Å²) in [6, 6.07) is 0. The summed E-state index contributed by atoms with van der Waals surface area (Å²) < 4.78 is 3.16. The highest BCUT2D eigenvalue weighted by atomic mass is 32.2. The molecule has 0 fully saturated rings. The van der Waals surface area contributed by atoms with Crippen LogP contribution in [0.15, 0.2) is 5.16 Å². The molecule has 7 heteroatoms. The predicted molar refractivity (Wildman–Crippen MR) is 71.4 cm³/mol. The van der Waals surface area contributed by atoms with E-state index >= 15 is 0 Å². The van der Waals surface area contributed by atoms with Crippen LogP contribution in [0.3, 0.4) is 0 Å². The van der Waals surface area contributed by atoms with Gasteiger partial charge in [-0.15, -0.1) is 11.8 Å². The number of hydrogen-bond donors (Lipinski definition) is 0. The lowest BCUT2D eigenvalue weighted by molar-refractivity contribution is 0.136. The number of nitrogens with zero attached hydrogens (tertiary/aromatic N) is 3. The lowest BCUT2D eigenvalue weighted by Gasteiger charge is -2.16. The first-order valence-corrected chi connectivity index (χ1v) is 6.45. The molecular formula is C9H19N3O2S2. The standard InChI is InChI=1S/C9H19N3O2S2/c1-7(2)15-8(3)10-14-9(13)12(6)16-11(4)5/h7H,1-6H3/b10-8+. The number of hydrogen-bond acceptors (Lipinski definition) is 6. The Morgan fingerprint density at radius 1 is 1.31 bits per heavy atom. The van der Waals surface area contributed by atoms with Crippen LogP contribution >= 0.6 is 23.9 Å². The molecule has 0 atom stereocenters. The second kappa shape index (κ2) is 7.81. The van der Waals surface area contributed by atoms with Gasteiger partial charge in [-0.1, -0.05) is 19.0 Å². The lowest BCUT2D eigenvalue weighted by Crippen LogP contribution is -2.23. The van der Waals surface area contributed by atoms with Gasteiger partial charge in [-0.3, -0.25) is 4.84 Å². The molecule has 0 bridgehead atoms. The highest BCUT2D eigenvalue weighted by Crippen LogP contribution is 2.13. The van der Waals surface area contributed by atoms with Gasteiger partial charge in [0.25, 0.3) is 0 Å². The van der Waals surface area contributed by atoms with Crippen LogP contribution in [-0.2, 0) is 4.84 Å². The second-order valence-electron chi connectivity index (χ2n) is 3.53. The summed E-state index contributed by atoms with van der Waals surface area (Å²) in [4.78, 5) is 16.2. The SMILES string of the molecule is C/C(=N\OC(=O)N(C)SN(C)C)SC(C)C. The zero-order chi connectivity index (χ0) is 12.7. The zero-order valence-corrected chi connectivity index (χ0v) is 12.2. The van der Waals surface area contributed by atoms with Crippen molar-refractivity contribution in [3.05, 3.63) is 0 Å². The molecule has 5 nitrogen and oxygen atoms in total. The summed E-state index contributed by atoms with van der Waals surface area (Å²) in [5, 5.41) is 4.92. The van der Waals surface area contributed by atoms with Crippen LogP contribution in [0.2, 0.25) is 0 Å². The molecule has 94 valence electrons. The van der Waals surface area contributed by atoms with Crippen molar-refractivity contribution in [2.75, 3.05) is 21.1 Å². The van der Waals surface area contributed by atoms with E-state index < -0.39 is 6.09 Å². The van der Waals surface area contributed by atoms with E-state index in [9.17, 15) is 4.79 Å². The van der Waals surface area contributed by atoms with Crippen molar-refractivity contribution in [3.63, 3.8) is 0 Å². The summed E-state index contributed by atoms with van der Waals surface area (Å²) in [5.74, 6) is 0. The number of carbonyl (C=O) groups excluding carboxylic acids is 1. The largest absolute Gasteiger partial charge is 0.446 e. The third-order valence-electron chi connectivity index (χ3n) is 1.20. The van der Waals surface area contributed by atoms with Gasteiger partial charge in [-0.2, -0.15) is 0 Å². The molecule has 0 aliphatic heterocycles. The number of oxime groups is 1. The van der Waals surface area contributed by atoms with E-state index in [4.69, 9.17) is 4.84 Å². The maximum atomic E-state index is 11.4. The molecule has 0 saturated carbocycles. The van der Waals surface area contributed by atoms with Crippen LogP contribution in [0.5, 0.6) is 0 Å². The van der Waals surface area contributed by atoms with Gasteiger partial charge in [0.2, 0.25) is 0 Å². The molecular weight excluding hydrogens is 246 g/mol. The zero-order valence-electron chi connectivity index (χ0n) is 10.6. The molecule has 0 spiro atoms. The molecule has 16 heavy (non-hydrogen) atoms. The van der Waals surface area contributed by atoms with Gasteiger partial charge in [0.1, 0.15) is 5.04 Å². The first-order valence-electron chi connectivity index (χ1n) is 4.84. The molecule has 0 heterocycles. The molecule has 0 aromatic heterocycles. The highest BCUT2D eigenvalue weighted by Gasteiger charge is 2.12. The van der Waals surface area contributed by atoms with Crippen molar-refractivity contribution in [3.8, 4) is 0 Å². The summed E-state index contributed by atoms with van der Waals surface area (Å²) in [7, 11) is 5.32. The van der Waals surface area contributed by atoms with Crippen molar-refractivity contribution in [2.45, 2.75) is 26.0 Å². The van der Waals surface area contributed by atoms with Crippen molar-refractivity contribution in [1.29, 1.82) is 0 Å². The Morgan fingerprint density at radius 2 is 1.88 bits per heavy atom. The molecule has 0 unspecified atom stereocenters. The summed E-state index contributed by atoms with van der Waals surface area (Å²) in [6.07, 6.45) is -0.484. The number of rotatable bonds is 4. The minimum Gasteiger partial charge on any atom is -0.296 e. The number of amides is 1. The van der Waals surface area contributed by atoms with E-state index in [0.717, 1.165) is 5.04 Å². The Hall–Kier alpha value is -0.400. The maximum absolute atomic E-state index is 11.4. The van der Waals surface area contributed by atoms with E-state index in [1.807, 2.05) is 21.0 Å². The molecule has 1 amide bonds. The van der Waals surface area contributed by atoms with Gasteiger partial charge >= 0.3 is 6.09 Å². The van der Waals surface area contributed by atoms with Crippen LogP contribution in [0.4, 0.5) is 4.79 Å². The van der Waals surface area contributed by atoms with Gasteiger partial charge in [-0.25, -0.2) is 13.4 Å². The van der Waals surface area contributed by atoms with E-state index in [0.29, 0.717) is 5.25 Å². The summed E-state index contributed by atoms with van der Waals surface area (Å²) in [5.41, 5.74) is 0. The topological polar surface area (TPSA) is 45.1 Å². The Morgan fingerprint density at radius 3 is 2.31 bits per heavy atom. The van der Waals surface area contributed by atoms with Crippen molar-refractivity contribution >= 4 is 35.0 Å². The number of thioether (sulfide) groups is 1. The normalized spacial score (nSPS) is 12.1. The van der Waals surface area contributed by atoms with E-state index in [1.165, 1.54) is 16.4 Å². The molecule has 0 aromatic rings. The Bertz CT molecular complexity index is 257. The minimum absolute atomic E-state index is 0.427. The molecule has 0 rings (SSSR count). The average Bonchev–Trinajstić information content (AvgIpc) is 2.11. The van der Waals surface area contributed by atoms with Crippen molar-refractivity contribution in [2.24, 2.45) is 5.16 Å². The average molecular weight is 265 g/mol. The fraction of sp³-hybridized carbons (Fsp3) is 0.778. The fourth-order valence-corrected chi connectivity index (χ4v) is 2.15. The molecule has 0 saturated heterocycles. The lowest BCUT2D eigenvalue weighted by atomic mass is 10.6. The van der Waals surface area contributed by atoms with Gasteiger partial charge in [0, 0.05) is 24.4 Å². The van der Waals surface area contributed by atoms with Crippen LogP contribution in [-0.4, -0.2) is 46.1 Å². The van der Waals surface area contributed by atoms with Gasteiger partial charge in [-0.05, 0) is 21.0 Å². The van der Waals surface area contributed by atoms with E-state index in [2.05, 4.69) is 19.0 Å². The Kier molecular flexibility index (Phi) is 7.61. The first kappa shape index (κ1) is 15.6. The monoisotopic (exact) mass is 265 g/mol. The van der Waals surface area contributed by atoms with Crippen molar-refractivity contribution in [1.82, 2.24) is 8.61 Å². The minimum atomic E-state index is -0.484. The van der Waals surface area contributed by atoms with E-state index in [1.54, 1.807) is 23.1 Å². The number of carbonyl (C=O) groups is 1.